The molecule has 0 aliphatic rings. The Labute approximate surface area is 235 Å². The van der Waals surface area contributed by atoms with Gasteiger partial charge in [-0.3, -0.25) is 9.59 Å². The Balaban J connectivity index is 1.68. The van der Waals surface area contributed by atoms with Crippen molar-refractivity contribution in [2.45, 2.75) is 52.8 Å². The zero-order valence-corrected chi connectivity index (χ0v) is 23.3. The number of ether oxygens (including phenoxy) is 2. The number of carbonyl (C=O) groups is 4. The van der Waals surface area contributed by atoms with E-state index in [0.29, 0.717) is 5.56 Å². The molecule has 0 saturated heterocycles. The second kappa shape index (κ2) is 14.6. The molecule has 0 saturated carbocycles. The van der Waals surface area contributed by atoms with Crippen molar-refractivity contribution in [2.75, 3.05) is 6.61 Å². The van der Waals surface area contributed by atoms with E-state index in [1.807, 2.05) is 66.7 Å². The molecule has 0 fully saturated rings. The van der Waals surface area contributed by atoms with Gasteiger partial charge in [-0.05, 0) is 48.4 Å². The summed E-state index contributed by atoms with van der Waals surface area (Å²) in [6.07, 6.45) is -0.554. The lowest BCUT2D eigenvalue weighted by atomic mass is 9.99. The predicted molar refractivity (Wildman–Crippen MR) is 152 cm³/mol. The summed E-state index contributed by atoms with van der Waals surface area (Å²) in [4.78, 5) is 51.8. The summed E-state index contributed by atoms with van der Waals surface area (Å²) in [5.74, 6) is -1.90. The van der Waals surface area contributed by atoms with Crippen molar-refractivity contribution in [3.8, 4) is 0 Å². The fourth-order valence-electron chi connectivity index (χ4n) is 4.23. The maximum absolute atomic E-state index is 13.3. The van der Waals surface area contributed by atoms with Gasteiger partial charge >= 0.3 is 12.1 Å². The molecule has 3 rings (SSSR count). The highest BCUT2D eigenvalue weighted by atomic mass is 16.5. The summed E-state index contributed by atoms with van der Waals surface area (Å²) < 4.78 is 10.6. The molecule has 8 nitrogen and oxygen atoms in total. The van der Waals surface area contributed by atoms with E-state index in [0.717, 1.165) is 22.3 Å². The molecule has 2 N–H and O–H groups in total. The van der Waals surface area contributed by atoms with E-state index in [1.54, 1.807) is 39.8 Å². The van der Waals surface area contributed by atoms with Crippen molar-refractivity contribution in [1.82, 2.24) is 10.6 Å². The average Bonchev–Trinajstić information content (AvgIpc) is 2.94. The number of amides is 2. The van der Waals surface area contributed by atoms with Crippen molar-refractivity contribution in [1.29, 1.82) is 0 Å². The van der Waals surface area contributed by atoms with E-state index in [9.17, 15) is 19.2 Å². The Bertz CT molecular complexity index is 1290. The molecular formula is C32H36N2O6. The van der Waals surface area contributed by atoms with E-state index in [-0.39, 0.29) is 18.9 Å². The predicted octanol–water partition coefficient (Wildman–Crippen LogP) is 4.71. The highest BCUT2D eigenvalue weighted by Crippen LogP contribution is 2.15. The molecule has 3 aromatic carbocycles. The minimum Gasteiger partial charge on any atom is -0.454 e. The van der Waals surface area contributed by atoms with Gasteiger partial charge in [0.2, 0.25) is 5.91 Å². The van der Waals surface area contributed by atoms with Gasteiger partial charge in [0.1, 0.15) is 12.6 Å². The summed E-state index contributed by atoms with van der Waals surface area (Å²) in [6.45, 7) is 6.70. The fourth-order valence-corrected chi connectivity index (χ4v) is 4.23. The lowest BCUT2D eigenvalue weighted by Gasteiger charge is -2.25. The molecule has 40 heavy (non-hydrogen) atoms. The normalized spacial score (nSPS) is 12.2. The number of benzene rings is 3. The highest BCUT2D eigenvalue weighted by molar-refractivity contribution is 5.96. The molecule has 0 aliphatic carbocycles. The Morgan fingerprint density at radius 3 is 1.88 bits per heavy atom. The maximum Gasteiger partial charge on any atom is 0.408 e. The van der Waals surface area contributed by atoms with Crippen LogP contribution in [0.2, 0.25) is 0 Å². The number of aryl methyl sites for hydroxylation is 2. The first-order valence-electron chi connectivity index (χ1n) is 13.2. The van der Waals surface area contributed by atoms with E-state index < -0.39 is 42.4 Å². The fraction of sp³-hybridized carbons (Fsp3) is 0.312. The summed E-state index contributed by atoms with van der Waals surface area (Å²) in [5.41, 5.74) is 3.54. The van der Waals surface area contributed by atoms with Crippen LogP contribution in [0.25, 0.3) is 0 Å². The van der Waals surface area contributed by atoms with E-state index in [1.165, 1.54) is 0 Å². The van der Waals surface area contributed by atoms with Crippen LogP contribution in [0, 0.1) is 19.8 Å². The van der Waals surface area contributed by atoms with Crippen LogP contribution < -0.4 is 10.6 Å². The summed E-state index contributed by atoms with van der Waals surface area (Å²) >= 11 is 0. The van der Waals surface area contributed by atoms with Crippen LogP contribution in [-0.2, 0) is 32.1 Å². The van der Waals surface area contributed by atoms with Crippen LogP contribution in [-0.4, -0.2) is 42.4 Å². The molecule has 2 amide bonds. The van der Waals surface area contributed by atoms with Gasteiger partial charge < -0.3 is 20.1 Å². The first-order chi connectivity index (χ1) is 19.2. The Morgan fingerprint density at radius 2 is 1.30 bits per heavy atom. The van der Waals surface area contributed by atoms with Gasteiger partial charge in [0.15, 0.2) is 12.4 Å². The lowest BCUT2D eigenvalue weighted by Crippen LogP contribution is -2.54. The van der Waals surface area contributed by atoms with Crippen molar-refractivity contribution in [3.63, 3.8) is 0 Å². The summed E-state index contributed by atoms with van der Waals surface area (Å²) in [7, 11) is 0. The number of esters is 1. The Kier molecular flexibility index (Phi) is 11.0. The molecule has 2 atom stereocenters. The topological polar surface area (TPSA) is 111 Å². The molecule has 0 heterocycles. The smallest absolute Gasteiger partial charge is 0.408 e. The van der Waals surface area contributed by atoms with Crippen LogP contribution in [0.4, 0.5) is 4.79 Å². The molecule has 0 aliphatic heterocycles. The van der Waals surface area contributed by atoms with Crippen LogP contribution in [0.5, 0.6) is 0 Å². The van der Waals surface area contributed by atoms with Gasteiger partial charge in [0.25, 0.3) is 0 Å². The van der Waals surface area contributed by atoms with Crippen molar-refractivity contribution < 1.29 is 28.7 Å². The SMILES string of the molecule is Cc1cccc(C)c1C(=O)OCC(=O)C(Cc1ccccc1)NC(=O)C(NC(=O)OCc1ccccc1)C(C)C. The van der Waals surface area contributed by atoms with E-state index >= 15 is 0 Å². The second-order valence-corrected chi connectivity index (χ2v) is 9.99. The zero-order chi connectivity index (χ0) is 29.1. The van der Waals surface area contributed by atoms with Crippen molar-refractivity contribution in [2.24, 2.45) is 5.92 Å². The maximum atomic E-state index is 13.3. The Morgan fingerprint density at radius 1 is 0.725 bits per heavy atom. The first-order valence-corrected chi connectivity index (χ1v) is 13.2. The van der Waals surface area contributed by atoms with Gasteiger partial charge in [-0.25, -0.2) is 9.59 Å². The standard InChI is InChI=1S/C32H36N2O6/c1-21(2)29(34-32(38)40-19-25-16-9-6-10-17-25)30(36)33-26(18-24-14-7-5-8-15-24)27(35)20-39-31(37)28-22(3)12-11-13-23(28)4/h5-17,21,26,29H,18-20H2,1-4H3,(H,33,36)(H,34,38). The average molecular weight is 545 g/mol. The van der Waals surface area contributed by atoms with Crippen molar-refractivity contribution in [3.05, 3.63) is 107 Å². The largest absolute Gasteiger partial charge is 0.454 e. The summed E-state index contributed by atoms with van der Waals surface area (Å²) in [6, 6.07) is 21.9. The molecule has 0 spiro atoms. The van der Waals surface area contributed by atoms with Crippen LogP contribution >= 0.6 is 0 Å². The van der Waals surface area contributed by atoms with E-state index in [4.69, 9.17) is 9.47 Å². The third kappa shape index (κ3) is 8.80. The number of alkyl carbamates (subject to hydrolysis) is 1. The monoisotopic (exact) mass is 544 g/mol. The molecule has 0 aromatic heterocycles. The van der Waals surface area contributed by atoms with Crippen molar-refractivity contribution >= 4 is 23.8 Å². The molecule has 3 aromatic rings. The van der Waals surface area contributed by atoms with Crippen LogP contribution in [0.3, 0.4) is 0 Å². The highest BCUT2D eigenvalue weighted by Gasteiger charge is 2.30. The molecule has 0 bridgehead atoms. The summed E-state index contributed by atoms with van der Waals surface area (Å²) in [5, 5.41) is 5.37. The number of hydrogen-bond acceptors (Lipinski definition) is 6. The number of rotatable bonds is 12. The molecular weight excluding hydrogens is 508 g/mol. The van der Waals surface area contributed by atoms with Gasteiger partial charge in [0, 0.05) is 0 Å². The third-order valence-corrected chi connectivity index (χ3v) is 6.45. The van der Waals surface area contributed by atoms with Gasteiger partial charge in [-0.2, -0.15) is 0 Å². The third-order valence-electron chi connectivity index (χ3n) is 6.45. The number of nitrogens with one attached hydrogen (secondary N) is 2. The van der Waals surface area contributed by atoms with Gasteiger partial charge in [0.05, 0.1) is 11.6 Å². The molecule has 8 heteroatoms. The van der Waals surface area contributed by atoms with Gasteiger partial charge in [-0.1, -0.05) is 92.7 Å². The Hall–Kier alpha value is -4.46. The quantitative estimate of drug-likeness (QED) is 0.320. The molecule has 2 unspecified atom stereocenters. The minimum atomic E-state index is -0.982. The molecule has 210 valence electrons. The molecule has 0 radical (unpaired) electrons. The van der Waals surface area contributed by atoms with Gasteiger partial charge in [-0.15, -0.1) is 0 Å². The first kappa shape index (κ1) is 30.1. The van der Waals surface area contributed by atoms with Crippen LogP contribution in [0.1, 0.15) is 46.5 Å². The second-order valence-electron chi connectivity index (χ2n) is 9.99. The number of carbonyl (C=O) groups excluding carboxylic acids is 4. The zero-order valence-electron chi connectivity index (χ0n) is 23.3. The number of hydrogen-bond donors (Lipinski definition) is 2. The van der Waals surface area contributed by atoms with E-state index in [2.05, 4.69) is 10.6 Å². The van der Waals surface area contributed by atoms with Crippen LogP contribution in [0.15, 0.2) is 78.9 Å². The lowest BCUT2D eigenvalue weighted by molar-refractivity contribution is -0.130. The minimum absolute atomic E-state index is 0.0555. The number of Topliss-reactive ketones (excluding diaryl/α,β-unsaturated/α-hetero) is 1. The number of ketones is 1.